The third kappa shape index (κ3) is 5.16. The zero-order valence-electron chi connectivity index (χ0n) is 26.4. The average molecular weight is 694 g/mol. The first-order valence-corrected chi connectivity index (χ1v) is 17.1. The van der Waals surface area contributed by atoms with Crippen LogP contribution in [0.4, 0.5) is 5.69 Å². The summed E-state index contributed by atoms with van der Waals surface area (Å²) in [4.78, 5) is 18.1. The second-order valence-electron chi connectivity index (χ2n) is 12.1. The molecular formula is C44H29BrN4. The molecule has 5 heterocycles. The quantitative estimate of drug-likeness (QED) is 0.189. The normalized spacial score (nSPS) is 12.0. The molecule has 2 N–H and O–H groups in total. The number of hydrogen-bond donors (Lipinski definition) is 2. The van der Waals surface area contributed by atoms with Crippen LogP contribution in [0.15, 0.2) is 155 Å². The lowest BCUT2D eigenvalue weighted by Gasteiger charge is -2.08. The van der Waals surface area contributed by atoms with Crippen molar-refractivity contribution < 1.29 is 0 Å². The maximum Gasteiger partial charge on any atom is 0.0877 e. The average Bonchev–Trinajstić information content (AvgIpc) is 3.98. The number of aromatic amines is 2. The number of fused-ring (bicyclic) bond motifs is 8. The van der Waals surface area contributed by atoms with Crippen LogP contribution in [0.5, 0.6) is 0 Å². The van der Waals surface area contributed by atoms with Crippen molar-refractivity contribution in [2.24, 2.45) is 4.99 Å². The first-order chi connectivity index (χ1) is 24.2. The van der Waals surface area contributed by atoms with Crippen LogP contribution in [0.25, 0.3) is 78.7 Å². The Hall–Kier alpha value is -6.04. The Morgan fingerprint density at radius 1 is 0.408 bits per heavy atom. The molecule has 8 bridgehead atoms. The van der Waals surface area contributed by atoms with Gasteiger partial charge in [-0.2, -0.15) is 0 Å². The largest absolute Gasteiger partial charge is 0.354 e. The van der Waals surface area contributed by atoms with Gasteiger partial charge in [0.2, 0.25) is 0 Å². The molecular weight excluding hydrogens is 664 g/mol. The van der Waals surface area contributed by atoms with Crippen LogP contribution in [0.3, 0.4) is 0 Å². The third-order valence-electron chi connectivity index (χ3n) is 9.12. The molecule has 0 spiro atoms. The van der Waals surface area contributed by atoms with Gasteiger partial charge in [0, 0.05) is 56.1 Å². The van der Waals surface area contributed by atoms with E-state index >= 15 is 0 Å². The number of H-pyrrole nitrogens is 2. The van der Waals surface area contributed by atoms with E-state index in [1.54, 1.807) is 0 Å². The molecule has 0 amide bonds. The Morgan fingerprint density at radius 3 is 1.22 bits per heavy atom. The van der Waals surface area contributed by atoms with E-state index in [0.717, 1.165) is 93.7 Å². The zero-order valence-corrected chi connectivity index (χ0v) is 27.9. The molecule has 232 valence electrons. The summed E-state index contributed by atoms with van der Waals surface area (Å²) in [5.74, 6) is 0. The van der Waals surface area contributed by atoms with Crippen LogP contribution < -0.4 is 0 Å². The van der Waals surface area contributed by atoms with E-state index in [4.69, 9.17) is 9.98 Å². The van der Waals surface area contributed by atoms with Gasteiger partial charge in [0.15, 0.2) is 0 Å². The Kier molecular flexibility index (Phi) is 7.25. The van der Waals surface area contributed by atoms with E-state index in [9.17, 15) is 0 Å². The van der Waals surface area contributed by atoms with Crippen LogP contribution in [0, 0.1) is 0 Å². The van der Waals surface area contributed by atoms with Crippen LogP contribution in [-0.4, -0.2) is 21.2 Å². The first kappa shape index (κ1) is 29.1. The van der Waals surface area contributed by atoms with E-state index in [1.165, 1.54) is 0 Å². The molecule has 3 aromatic heterocycles. The number of rotatable bonds is 4. The first-order valence-electron chi connectivity index (χ1n) is 16.3. The van der Waals surface area contributed by atoms with Crippen molar-refractivity contribution in [3.05, 3.63) is 167 Å². The van der Waals surface area contributed by atoms with E-state index in [0.29, 0.717) is 0 Å². The maximum absolute atomic E-state index is 5.36. The van der Waals surface area contributed by atoms with E-state index in [2.05, 4.69) is 159 Å². The summed E-state index contributed by atoms with van der Waals surface area (Å²) in [7, 11) is 0. The van der Waals surface area contributed by atoms with Crippen LogP contribution >= 0.6 is 15.9 Å². The van der Waals surface area contributed by atoms with Gasteiger partial charge in [0.05, 0.1) is 21.5 Å². The summed E-state index contributed by atoms with van der Waals surface area (Å²) >= 11 is 4.07. The molecule has 0 fully saturated rings. The lowest BCUT2D eigenvalue weighted by Crippen LogP contribution is -1.89. The molecule has 2 aliphatic heterocycles. The highest BCUT2D eigenvalue weighted by Gasteiger charge is 2.21. The van der Waals surface area contributed by atoms with Gasteiger partial charge in [0.25, 0.3) is 0 Å². The summed E-state index contributed by atoms with van der Waals surface area (Å²) in [5.41, 5.74) is 16.1. The molecule has 7 aromatic rings. The topological polar surface area (TPSA) is 56.8 Å². The highest BCUT2D eigenvalue weighted by molar-refractivity contribution is 9.10. The van der Waals surface area contributed by atoms with Gasteiger partial charge in [-0.3, -0.25) is 4.99 Å². The predicted molar refractivity (Wildman–Crippen MR) is 209 cm³/mol. The molecule has 0 saturated heterocycles. The summed E-state index contributed by atoms with van der Waals surface area (Å²) in [6.45, 7) is 0. The van der Waals surface area contributed by atoms with Crippen molar-refractivity contribution in [3.8, 4) is 44.5 Å². The smallest absolute Gasteiger partial charge is 0.0877 e. The molecule has 0 saturated carbocycles. The molecule has 4 nitrogen and oxygen atoms in total. The fourth-order valence-electron chi connectivity index (χ4n) is 6.91. The van der Waals surface area contributed by atoms with Crippen molar-refractivity contribution in [2.45, 2.75) is 0 Å². The lowest BCUT2D eigenvalue weighted by atomic mass is 10.0. The fraction of sp³-hybridized carbons (Fsp3) is 0. The summed E-state index contributed by atoms with van der Waals surface area (Å²) in [6.07, 6.45) is 6.25. The number of hydrogen-bond acceptors (Lipinski definition) is 2. The van der Waals surface area contributed by atoms with Gasteiger partial charge < -0.3 is 9.97 Å². The molecule has 0 aliphatic carbocycles. The summed E-state index contributed by atoms with van der Waals surface area (Å²) in [6, 6.07) is 50.6. The van der Waals surface area contributed by atoms with E-state index < -0.39 is 0 Å². The van der Waals surface area contributed by atoms with Gasteiger partial charge >= 0.3 is 0 Å². The number of aliphatic imine (C=N–C) groups is 1. The minimum absolute atomic E-state index is 0.869. The van der Waals surface area contributed by atoms with Crippen molar-refractivity contribution >= 4 is 62.1 Å². The highest BCUT2D eigenvalue weighted by atomic mass is 79.9. The van der Waals surface area contributed by atoms with Crippen LogP contribution in [-0.2, 0) is 0 Å². The number of benzene rings is 4. The Balaban J connectivity index is 1.51. The van der Waals surface area contributed by atoms with Gasteiger partial charge in [-0.05, 0) is 74.6 Å². The number of halogens is 1. The highest BCUT2D eigenvalue weighted by Crippen LogP contribution is 2.45. The standard InChI is InChI=1S/C44H29BrN4/c45-43-32-27-46-44(43)42(31-19-11-4-12-20-31)38-26-25-37(49-38)41(30-17-9-3-10-18-30)36-24-23-35(48-36)40(29-15-7-2-8-16-29)34-22-21-33(47-34)39(32)28-13-5-1-6-14-28/h1-27,47,49H. The molecule has 0 radical (unpaired) electrons. The molecule has 0 unspecified atom stereocenters. The predicted octanol–water partition coefficient (Wildman–Crippen LogP) is 12.3. The monoisotopic (exact) mass is 692 g/mol. The minimum atomic E-state index is 0.869. The number of aromatic nitrogens is 3. The summed E-state index contributed by atoms with van der Waals surface area (Å²) < 4.78 is 0.935. The number of nitrogens with one attached hydrogen (secondary N) is 2. The molecule has 5 heteroatoms. The molecule has 49 heavy (non-hydrogen) atoms. The van der Waals surface area contributed by atoms with Crippen molar-refractivity contribution in [1.82, 2.24) is 15.0 Å². The zero-order chi connectivity index (χ0) is 32.7. The maximum atomic E-state index is 5.36. The van der Waals surface area contributed by atoms with Crippen molar-refractivity contribution in [3.63, 3.8) is 0 Å². The molecule has 2 aliphatic rings. The Labute approximate surface area is 292 Å². The van der Waals surface area contributed by atoms with Gasteiger partial charge in [-0.15, -0.1) is 0 Å². The van der Waals surface area contributed by atoms with Gasteiger partial charge in [-0.25, -0.2) is 4.98 Å². The van der Waals surface area contributed by atoms with E-state index in [-0.39, 0.29) is 0 Å². The van der Waals surface area contributed by atoms with Crippen LogP contribution in [0.2, 0.25) is 0 Å². The Bertz CT molecular complexity index is 2410. The Morgan fingerprint density at radius 2 is 0.776 bits per heavy atom. The SMILES string of the molecule is Brc1c2c(-c3ccccc3)c3ccc([nH]3)c(-c3ccccc3)c3nc(c(-c4ccccc4)c4ccc([nH]4)c(-c4ccccc4)c1N=C2)C=C3. The second kappa shape index (κ2) is 12.2. The summed E-state index contributed by atoms with van der Waals surface area (Å²) in [5, 5.41) is 0. The van der Waals surface area contributed by atoms with Gasteiger partial charge in [0.1, 0.15) is 0 Å². The third-order valence-corrected chi connectivity index (χ3v) is 9.93. The minimum Gasteiger partial charge on any atom is -0.354 e. The van der Waals surface area contributed by atoms with Crippen LogP contribution in [0.1, 0.15) is 17.0 Å². The van der Waals surface area contributed by atoms with Crippen molar-refractivity contribution in [1.29, 1.82) is 0 Å². The second-order valence-corrected chi connectivity index (χ2v) is 12.9. The molecule has 0 atom stereocenters. The molecule has 9 rings (SSSR count). The lowest BCUT2D eigenvalue weighted by molar-refractivity contribution is 1.32. The van der Waals surface area contributed by atoms with Crippen molar-refractivity contribution in [2.75, 3.05) is 0 Å². The number of nitrogens with zero attached hydrogens (tertiary/aromatic N) is 2. The molecule has 4 aromatic carbocycles. The fourth-order valence-corrected chi connectivity index (χ4v) is 7.51. The van der Waals surface area contributed by atoms with Gasteiger partial charge in [-0.1, -0.05) is 121 Å². The van der Waals surface area contributed by atoms with E-state index in [1.807, 2.05) is 30.5 Å².